The molecule has 0 saturated carbocycles. The van der Waals surface area contributed by atoms with Crippen molar-refractivity contribution in [2.75, 3.05) is 13.7 Å². The Morgan fingerprint density at radius 1 is 1.56 bits per heavy atom. The number of carbonyl (C=O) groups is 1. The Kier molecular flexibility index (Phi) is 20.2. The summed E-state index contributed by atoms with van der Waals surface area (Å²) in [4.78, 5) is 10.1. The molecule has 0 unspecified atom stereocenters. The molecule has 0 rings (SSSR count). The van der Waals surface area contributed by atoms with E-state index in [0.29, 0.717) is 6.61 Å². The van der Waals surface area contributed by atoms with E-state index in [1.807, 2.05) is 0 Å². The van der Waals surface area contributed by atoms with Gasteiger partial charge < -0.3 is 38.7 Å². The summed E-state index contributed by atoms with van der Waals surface area (Å²) < 4.78 is 4.50. The largest absolute Gasteiger partial charge is 1.00 e. The van der Waals surface area contributed by atoms with Crippen molar-refractivity contribution >= 4 is 6.09 Å². The minimum Gasteiger partial charge on any atom is -1.00 e. The minimum atomic E-state index is -0.248. The van der Waals surface area contributed by atoms with Gasteiger partial charge in [0.05, 0.1) is 13.7 Å². The molecule has 0 bridgehead atoms. The summed E-state index contributed by atoms with van der Waals surface area (Å²) in [6.07, 6.45) is -0.248. The summed E-state index contributed by atoms with van der Waals surface area (Å²) in [5.41, 5.74) is 0. The maximum absolute atomic E-state index is 10.1. The predicted octanol–water partition coefficient (Wildman–Crippen LogP) is -6.66. The maximum atomic E-state index is 10.1. The number of halogens is 2. The molecule has 0 radical (unpaired) electrons. The van der Waals surface area contributed by atoms with Crippen molar-refractivity contribution in [3.8, 4) is 0 Å². The van der Waals surface area contributed by atoms with Gasteiger partial charge in [-0.3, -0.25) is 0 Å². The van der Waals surface area contributed by atoms with Crippen LogP contribution in [0.1, 0.15) is 6.92 Å². The van der Waals surface area contributed by atoms with E-state index in [2.05, 4.69) is 4.74 Å². The molecule has 0 atom stereocenters. The van der Waals surface area contributed by atoms with E-state index in [1.165, 1.54) is 5.32 Å². The normalized spacial score (nSPS) is 6.44. The van der Waals surface area contributed by atoms with Crippen molar-refractivity contribution in [3.05, 3.63) is 0 Å². The van der Waals surface area contributed by atoms with Crippen LogP contribution in [0.15, 0.2) is 0 Å². The summed E-state index contributed by atoms with van der Waals surface area (Å²) in [5, 5.41) is 1.39. The zero-order valence-corrected chi connectivity index (χ0v) is 8.53. The molecule has 0 aromatic rings. The Labute approximate surface area is 75.7 Å². The van der Waals surface area contributed by atoms with E-state index < -0.39 is 0 Å². The Balaban J connectivity index is -0.000000180. The molecule has 0 aliphatic rings. The smallest absolute Gasteiger partial charge is 0.512 e. The molecule has 0 aliphatic carbocycles. The molecule has 5 heteroatoms. The molecule has 0 saturated heterocycles. The second kappa shape index (κ2) is 11.2. The SMILES string of the molecule is CCOC(=O)[NH2+]C.[Br-].[Br-]. The summed E-state index contributed by atoms with van der Waals surface area (Å²) >= 11 is 0. The molecular weight excluding hydrogens is 254 g/mol. The molecule has 0 spiro atoms. The Morgan fingerprint density at radius 3 is 2.11 bits per heavy atom. The number of amides is 1. The number of hydrogen-bond donors (Lipinski definition) is 1. The van der Waals surface area contributed by atoms with Crippen LogP contribution >= 0.6 is 0 Å². The number of hydrogen-bond acceptors (Lipinski definition) is 2. The van der Waals surface area contributed by atoms with Crippen LogP contribution in [0.4, 0.5) is 4.79 Å². The van der Waals surface area contributed by atoms with E-state index in [4.69, 9.17) is 0 Å². The van der Waals surface area contributed by atoms with Gasteiger partial charge in [-0.2, -0.15) is 4.79 Å². The summed E-state index contributed by atoms with van der Waals surface area (Å²) in [5.74, 6) is 0. The first-order chi connectivity index (χ1) is 3.31. The highest BCUT2D eigenvalue weighted by atomic mass is 79.9. The Morgan fingerprint density at radius 2 is 2.00 bits per heavy atom. The van der Waals surface area contributed by atoms with Crippen LogP contribution in [0.25, 0.3) is 0 Å². The molecule has 0 fully saturated rings. The van der Waals surface area contributed by atoms with Gasteiger partial charge in [0.25, 0.3) is 0 Å². The average molecular weight is 264 g/mol. The van der Waals surface area contributed by atoms with Crippen LogP contribution in [-0.4, -0.2) is 19.7 Å². The third kappa shape index (κ3) is 11.8. The first-order valence-electron chi connectivity index (χ1n) is 2.27. The van der Waals surface area contributed by atoms with Crippen LogP contribution in [0.2, 0.25) is 0 Å². The third-order valence-electron chi connectivity index (χ3n) is 0.522. The first kappa shape index (κ1) is 16.2. The summed E-state index contributed by atoms with van der Waals surface area (Å²) in [7, 11) is 1.65. The molecule has 2 N–H and O–H groups in total. The number of rotatable bonds is 1. The zero-order valence-electron chi connectivity index (χ0n) is 5.36. The molecule has 1 amide bonds. The van der Waals surface area contributed by atoms with Crippen molar-refractivity contribution in [2.45, 2.75) is 6.92 Å². The van der Waals surface area contributed by atoms with E-state index in [1.54, 1.807) is 14.0 Å². The summed E-state index contributed by atoms with van der Waals surface area (Å²) in [6.45, 7) is 2.24. The second-order valence-electron chi connectivity index (χ2n) is 1.04. The lowest BCUT2D eigenvalue weighted by molar-refractivity contribution is -0.539. The van der Waals surface area contributed by atoms with Crippen molar-refractivity contribution in [3.63, 3.8) is 0 Å². The lowest BCUT2D eigenvalue weighted by Crippen LogP contribution is -3.00. The molecule has 0 aromatic carbocycles. The monoisotopic (exact) mass is 262 g/mol. The number of nitrogens with two attached hydrogens (primary N) is 1. The number of primary amides is 1. The van der Waals surface area contributed by atoms with Gasteiger partial charge in [-0.25, -0.2) is 5.32 Å². The number of carbonyl (C=O) groups excluding carboxylic acids is 1. The molecule has 3 nitrogen and oxygen atoms in total. The molecular formula is C4H10Br2NO2-. The zero-order chi connectivity index (χ0) is 5.70. The van der Waals surface area contributed by atoms with Gasteiger partial charge in [-0.05, 0) is 6.92 Å². The predicted molar refractivity (Wildman–Crippen MR) is 24.9 cm³/mol. The van der Waals surface area contributed by atoms with Crippen LogP contribution in [0, 0.1) is 0 Å². The summed E-state index contributed by atoms with van der Waals surface area (Å²) in [6, 6.07) is 0. The topological polar surface area (TPSA) is 42.9 Å². The standard InChI is InChI=1S/C4H9NO2.2BrH/c1-3-7-4(6)5-2;;/h3H2,1-2H3,(H,5,6);2*1H/p-1. The second-order valence-corrected chi connectivity index (χ2v) is 1.04. The Hall–Kier alpha value is 0.390. The van der Waals surface area contributed by atoms with Crippen molar-refractivity contribution in [2.24, 2.45) is 0 Å². The van der Waals surface area contributed by atoms with Gasteiger partial charge >= 0.3 is 6.09 Å². The van der Waals surface area contributed by atoms with Gasteiger partial charge in [-0.15, -0.1) is 0 Å². The average Bonchev–Trinajstić information content (AvgIpc) is 1.68. The van der Waals surface area contributed by atoms with Crippen molar-refractivity contribution in [1.29, 1.82) is 0 Å². The Bertz CT molecular complexity index is 69.6. The van der Waals surface area contributed by atoms with E-state index >= 15 is 0 Å². The quantitative estimate of drug-likeness (QED) is 0.511. The van der Waals surface area contributed by atoms with Crippen molar-refractivity contribution in [1.82, 2.24) is 0 Å². The molecule has 0 heterocycles. The maximum Gasteiger partial charge on any atom is 0.512 e. The highest BCUT2D eigenvalue weighted by molar-refractivity contribution is 5.54. The first-order valence-corrected chi connectivity index (χ1v) is 2.27. The fourth-order valence-electron chi connectivity index (χ4n) is 0.226. The fraction of sp³-hybridized carbons (Fsp3) is 0.750. The molecule has 9 heavy (non-hydrogen) atoms. The molecule has 0 aliphatic heterocycles. The number of quaternary nitrogens is 1. The van der Waals surface area contributed by atoms with Crippen LogP contribution in [0.3, 0.4) is 0 Å². The van der Waals surface area contributed by atoms with E-state index in [-0.39, 0.29) is 40.1 Å². The highest BCUT2D eigenvalue weighted by Crippen LogP contribution is 1.64. The van der Waals surface area contributed by atoms with E-state index in [0.717, 1.165) is 0 Å². The van der Waals surface area contributed by atoms with Gasteiger partial charge in [0.1, 0.15) is 0 Å². The lowest BCUT2D eigenvalue weighted by atomic mass is 10.9. The van der Waals surface area contributed by atoms with Crippen LogP contribution < -0.4 is 39.3 Å². The van der Waals surface area contributed by atoms with Gasteiger partial charge in [0, 0.05) is 0 Å². The van der Waals surface area contributed by atoms with Crippen molar-refractivity contribution < 1.29 is 48.8 Å². The minimum absolute atomic E-state index is 0. The fourth-order valence-corrected chi connectivity index (χ4v) is 0.226. The third-order valence-corrected chi connectivity index (χ3v) is 0.522. The molecule has 58 valence electrons. The lowest BCUT2D eigenvalue weighted by Gasteiger charge is -1.90. The molecule has 0 aromatic heterocycles. The van der Waals surface area contributed by atoms with Gasteiger partial charge in [0.15, 0.2) is 0 Å². The van der Waals surface area contributed by atoms with Gasteiger partial charge in [-0.1, -0.05) is 0 Å². The number of ether oxygens (including phenoxy) is 1. The van der Waals surface area contributed by atoms with Crippen LogP contribution in [-0.2, 0) is 4.74 Å². The highest BCUT2D eigenvalue weighted by Gasteiger charge is 1.96. The van der Waals surface area contributed by atoms with Crippen LogP contribution in [0.5, 0.6) is 0 Å². The van der Waals surface area contributed by atoms with Gasteiger partial charge in [0.2, 0.25) is 0 Å². The van der Waals surface area contributed by atoms with E-state index in [9.17, 15) is 4.79 Å².